The lowest BCUT2D eigenvalue weighted by Gasteiger charge is -2.31. The summed E-state index contributed by atoms with van der Waals surface area (Å²) in [5.41, 5.74) is 0. The molecule has 7 nitrogen and oxygen atoms in total. The van der Waals surface area contributed by atoms with Gasteiger partial charge in [-0.3, -0.25) is 9.59 Å². The van der Waals surface area contributed by atoms with Crippen LogP contribution in [0, 0.1) is 5.82 Å². The minimum Gasteiger partial charge on any atom is -0.480 e. The second-order valence-corrected chi connectivity index (χ2v) is 6.53. The summed E-state index contributed by atoms with van der Waals surface area (Å²) in [7, 11) is -4.51. The molecule has 1 unspecified atom stereocenters. The van der Waals surface area contributed by atoms with Gasteiger partial charge in [0.25, 0.3) is 0 Å². The topological polar surface area (TPSA) is 104 Å². The first-order valence-corrected chi connectivity index (χ1v) is 7.52. The number of sulfonamides is 1. The van der Waals surface area contributed by atoms with Crippen molar-refractivity contribution < 1.29 is 27.5 Å². The summed E-state index contributed by atoms with van der Waals surface area (Å²) in [5, 5.41) is 10.9. The molecule has 0 aromatic heterocycles. The Hall–Kier alpha value is -1.71. The number of carboxylic acid groups (broad SMARTS) is 1. The third-order valence-electron chi connectivity index (χ3n) is 2.93. The van der Waals surface area contributed by atoms with E-state index in [1.165, 1.54) is 6.07 Å². The maximum absolute atomic E-state index is 13.9. The highest BCUT2D eigenvalue weighted by Crippen LogP contribution is 2.26. The molecule has 1 aliphatic rings. The zero-order chi connectivity index (χ0) is 15.8. The van der Waals surface area contributed by atoms with Gasteiger partial charge in [-0.15, -0.1) is 0 Å². The zero-order valence-corrected chi connectivity index (χ0v) is 12.0. The minimum absolute atomic E-state index is 0.393. The van der Waals surface area contributed by atoms with Crippen molar-refractivity contribution in [3.05, 3.63) is 29.0 Å². The molecule has 1 atom stereocenters. The molecule has 1 aromatic rings. The molecule has 1 aromatic carbocycles. The first-order chi connectivity index (χ1) is 9.75. The van der Waals surface area contributed by atoms with E-state index in [1.54, 1.807) is 0 Å². The lowest BCUT2D eigenvalue weighted by molar-refractivity contribution is -0.143. The van der Waals surface area contributed by atoms with Crippen LogP contribution in [0.3, 0.4) is 0 Å². The van der Waals surface area contributed by atoms with Gasteiger partial charge in [0.05, 0.1) is 11.6 Å². The molecule has 2 rings (SSSR count). The number of hydrogen-bond donors (Lipinski definition) is 2. The molecular formula is C11H10ClFN2O5S. The molecule has 2 N–H and O–H groups in total. The molecule has 1 amide bonds. The summed E-state index contributed by atoms with van der Waals surface area (Å²) in [6.45, 7) is -1.10. The predicted octanol–water partition coefficient (Wildman–Crippen LogP) is 0.0528. The Morgan fingerprint density at radius 3 is 2.76 bits per heavy atom. The van der Waals surface area contributed by atoms with Crippen LogP contribution in [0.25, 0.3) is 0 Å². The van der Waals surface area contributed by atoms with Crippen LogP contribution >= 0.6 is 11.6 Å². The van der Waals surface area contributed by atoms with Gasteiger partial charge in [-0.2, -0.15) is 4.31 Å². The number of carbonyl (C=O) groups is 2. The molecule has 10 heteroatoms. The van der Waals surface area contributed by atoms with Crippen LogP contribution in [-0.4, -0.2) is 48.8 Å². The third kappa shape index (κ3) is 2.85. The van der Waals surface area contributed by atoms with Crippen LogP contribution in [0.5, 0.6) is 0 Å². The van der Waals surface area contributed by atoms with E-state index in [9.17, 15) is 22.4 Å². The van der Waals surface area contributed by atoms with Crippen LogP contribution in [0.1, 0.15) is 0 Å². The fourth-order valence-corrected chi connectivity index (χ4v) is 3.75. The largest absolute Gasteiger partial charge is 0.480 e. The molecule has 1 fully saturated rings. The summed E-state index contributed by atoms with van der Waals surface area (Å²) < 4.78 is 39.1. The highest BCUT2D eigenvalue weighted by atomic mass is 35.5. The van der Waals surface area contributed by atoms with Gasteiger partial charge in [-0.1, -0.05) is 17.7 Å². The SMILES string of the molecule is O=C1CN(S(=O)(=O)c2cccc(Cl)c2F)C(C(=O)O)CN1. The van der Waals surface area contributed by atoms with E-state index >= 15 is 0 Å². The van der Waals surface area contributed by atoms with E-state index in [1.807, 2.05) is 0 Å². The van der Waals surface area contributed by atoms with Gasteiger partial charge in [-0.25, -0.2) is 12.8 Å². The molecule has 1 saturated heterocycles. The average molecular weight is 337 g/mol. The van der Waals surface area contributed by atoms with Gasteiger partial charge in [-0.05, 0) is 12.1 Å². The number of carboxylic acids is 1. The Balaban J connectivity index is 2.52. The van der Waals surface area contributed by atoms with Gasteiger partial charge in [0.2, 0.25) is 15.9 Å². The van der Waals surface area contributed by atoms with Crippen LogP contribution in [0.15, 0.2) is 23.1 Å². The number of rotatable bonds is 3. The van der Waals surface area contributed by atoms with Crippen molar-refractivity contribution in [2.45, 2.75) is 10.9 Å². The molecule has 1 aliphatic heterocycles. The van der Waals surface area contributed by atoms with Crippen molar-refractivity contribution >= 4 is 33.5 Å². The maximum Gasteiger partial charge on any atom is 0.323 e. The quantitative estimate of drug-likeness (QED) is 0.812. The summed E-state index contributed by atoms with van der Waals surface area (Å²) >= 11 is 5.53. The fourth-order valence-electron chi connectivity index (χ4n) is 1.89. The number of halogens is 2. The molecular weight excluding hydrogens is 327 g/mol. The molecule has 1 heterocycles. The Kier molecular flexibility index (Phi) is 4.17. The minimum atomic E-state index is -4.51. The molecule has 0 saturated carbocycles. The van der Waals surface area contributed by atoms with Crippen LogP contribution < -0.4 is 5.32 Å². The lowest BCUT2D eigenvalue weighted by atomic mass is 10.2. The molecule has 0 bridgehead atoms. The van der Waals surface area contributed by atoms with Gasteiger partial charge < -0.3 is 10.4 Å². The van der Waals surface area contributed by atoms with Gasteiger partial charge in [0.15, 0.2) is 5.82 Å². The summed E-state index contributed by atoms with van der Waals surface area (Å²) in [5.74, 6) is -3.30. The van der Waals surface area contributed by atoms with Crippen molar-refractivity contribution in [1.82, 2.24) is 9.62 Å². The molecule has 0 aliphatic carbocycles. The molecule has 114 valence electrons. The number of nitrogens with one attached hydrogen (secondary N) is 1. The Bertz CT molecular complexity index is 709. The molecule has 21 heavy (non-hydrogen) atoms. The molecule has 0 spiro atoms. The Morgan fingerprint density at radius 2 is 2.14 bits per heavy atom. The van der Waals surface area contributed by atoms with Crippen LogP contribution in [0.4, 0.5) is 4.39 Å². The average Bonchev–Trinajstić information content (AvgIpc) is 2.41. The van der Waals surface area contributed by atoms with Gasteiger partial charge >= 0.3 is 5.97 Å². The van der Waals surface area contributed by atoms with Crippen LogP contribution in [-0.2, 0) is 19.6 Å². The Labute approximate surface area is 124 Å². The maximum atomic E-state index is 13.9. The van der Waals surface area contributed by atoms with Gasteiger partial charge in [0, 0.05) is 6.54 Å². The van der Waals surface area contributed by atoms with E-state index in [0.717, 1.165) is 12.1 Å². The van der Waals surface area contributed by atoms with E-state index in [-0.39, 0.29) is 0 Å². The summed E-state index contributed by atoms with van der Waals surface area (Å²) in [6, 6.07) is 1.83. The number of benzene rings is 1. The van der Waals surface area contributed by atoms with Gasteiger partial charge in [0.1, 0.15) is 10.9 Å². The van der Waals surface area contributed by atoms with Crippen molar-refractivity contribution in [2.75, 3.05) is 13.1 Å². The second-order valence-electron chi connectivity index (χ2n) is 4.26. The van der Waals surface area contributed by atoms with Crippen molar-refractivity contribution in [3.8, 4) is 0 Å². The van der Waals surface area contributed by atoms with E-state index in [4.69, 9.17) is 16.7 Å². The third-order valence-corrected chi connectivity index (χ3v) is 5.09. The monoisotopic (exact) mass is 336 g/mol. The summed E-state index contributed by atoms with van der Waals surface area (Å²) in [4.78, 5) is 21.7. The van der Waals surface area contributed by atoms with E-state index < -0.39 is 56.8 Å². The lowest BCUT2D eigenvalue weighted by Crippen LogP contribution is -2.59. The number of carbonyl (C=O) groups excluding carboxylic acids is 1. The zero-order valence-electron chi connectivity index (χ0n) is 10.4. The first kappa shape index (κ1) is 15.7. The molecule has 0 radical (unpaired) electrons. The number of aliphatic carboxylic acids is 1. The highest BCUT2D eigenvalue weighted by Gasteiger charge is 2.41. The smallest absolute Gasteiger partial charge is 0.323 e. The number of amides is 1. The highest BCUT2D eigenvalue weighted by molar-refractivity contribution is 7.89. The number of nitrogens with zero attached hydrogens (tertiary/aromatic N) is 1. The van der Waals surface area contributed by atoms with Crippen molar-refractivity contribution in [2.24, 2.45) is 0 Å². The number of hydrogen-bond acceptors (Lipinski definition) is 4. The Morgan fingerprint density at radius 1 is 1.48 bits per heavy atom. The van der Waals surface area contributed by atoms with E-state index in [0.29, 0.717) is 4.31 Å². The fraction of sp³-hybridized carbons (Fsp3) is 0.273. The van der Waals surface area contributed by atoms with Crippen molar-refractivity contribution in [1.29, 1.82) is 0 Å². The number of piperazine rings is 1. The predicted molar refractivity (Wildman–Crippen MR) is 69.7 cm³/mol. The first-order valence-electron chi connectivity index (χ1n) is 5.70. The van der Waals surface area contributed by atoms with Crippen molar-refractivity contribution in [3.63, 3.8) is 0 Å². The van der Waals surface area contributed by atoms with Crippen LogP contribution in [0.2, 0.25) is 5.02 Å². The van der Waals surface area contributed by atoms with E-state index in [2.05, 4.69) is 5.32 Å². The standard InChI is InChI=1S/C11H10ClFN2O5S/c12-6-2-1-3-8(10(6)13)21(19,20)15-5-9(16)14-4-7(15)11(17)18/h1-3,7H,4-5H2,(H,14,16)(H,17,18). The summed E-state index contributed by atoms with van der Waals surface area (Å²) in [6.07, 6.45) is 0. The second kappa shape index (κ2) is 5.58. The normalized spacial score (nSPS) is 20.1.